The minimum atomic E-state index is -0.685. The lowest BCUT2D eigenvalue weighted by molar-refractivity contribution is -0.139. The molecular weight excluding hydrogens is 484 g/mol. The number of allylic oxidation sites excluding steroid dienone is 4. The summed E-state index contributed by atoms with van der Waals surface area (Å²) in [7, 11) is 0. The lowest BCUT2D eigenvalue weighted by Gasteiger charge is -2.65. The van der Waals surface area contributed by atoms with Crippen LogP contribution in [0, 0.1) is 62.6 Å². The van der Waals surface area contributed by atoms with Crippen molar-refractivity contribution < 1.29 is 14.4 Å². The third-order valence-corrected chi connectivity index (χ3v) is 12.0. The number of nitrogens with zero attached hydrogens (tertiary/aromatic N) is 1. The molecule has 0 saturated heterocycles. The molecule has 1 unspecified atom stereocenters. The topological polar surface area (TPSA) is 87.0 Å². The Morgan fingerprint density at radius 2 is 1.59 bits per heavy atom. The molecule has 4 aliphatic rings. The van der Waals surface area contributed by atoms with Crippen molar-refractivity contribution >= 4 is 17.5 Å². The van der Waals surface area contributed by atoms with Gasteiger partial charge in [-0.2, -0.15) is 5.26 Å². The highest BCUT2D eigenvalue weighted by molar-refractivity contribution is 6.04. The molecule has 210 valence electrons. The van der Waals surface area contributed by atoms with Gasteiger partial charge in [-0.25, -0.2) is 0 Å². The van der Waals surface area contributed by atoms with Gasteiger partial charge in [-0.3, -0.25) is 14.4 Å². The fraction of sp³-hybridized carbons (Fsp3) is 0.706. The monoisotopic (exact) mass is 530 g/mol. The van der Waals surface area contributed by atoms with Gasteiger partial charge in [0.15, 0.2) is 11.6 Å². The Labute approximate surface area is 235 Å². The van der Waals surface area contributed by atoms with Crippen LogP contribution in [0.15, 0.2) is 23.3 Å². The minimum Gasteiger partial charge on any atom is -0.340 e. The zero-order valence-corrected chi connectivity index (χ0v) is 25.2. The molecule has 2 saturated carbocycles. The van der Waals surface area contributed by atoms with Gasteiger partial charge in [0.25, 0.3) is 5.91 Å². The molecule has 0 bridgehead atoms. The highest BCUT2D eigenvalue weighted by Crippen LogP contribution is 2.70. The van der Waals surface area contributed by atoms with Crippen LogP contribution in [0.25, 0.3) is 0 Å². The molecule has 0 spiro atoms. The van der Waals surface area contributed by atoms with Crippen molar-refractivity contribution in [2.75, 3.05) is 0 Å². The van der Waals surface area contributed by atoms with Crippen LogP contribution in [0.4, 0.5) is 0 Å². The Kier molecular flexibility index (Phi) is 6.91. The number of nitriles is 1. The Hall–Kier alpha value is -2.66. The number of nitrogens with one attached hydrogen (secondary N) is 1. The fourth-order valence-corrected chi connectivity index (χ4v) is 9.02. The molecule has 39 heavy (non-hydrogen) atoms. The quantitative estimate of drug-likeness (QED) is 0.393. The Bertz CT molecular complexity index is 1260. The number of Topliss-reactive ketones (excluding diaryl/α,β-unsaturated/α-hetero) is 1. The second kappa shape index (κ2) is 9.19. The van der Waals surface area contributed by atoms with Crippen molar-refractivity contribution in [1.29, 1.82) is 5.26 Å². The van der Waals surface area contributed by atoms with Crippen molar-refractivity contribution in [2.24, 2.45) is 38.9 Å². The normalized spacial score (nSPS) is 41.3. The van der Waals surface area contributed by atoms with Gasteiger partial charge in [0.1, 0.15) is 6.07 Å². The number of ketones is 2. The highest BCUT2D eigenvalue weighted by atomic mass is 16.1. The first-order chi connectivity index (χ1) is 17.9. The van der Waals surface area contributed by atoms with Crippen LogP contribution in [0.2, 0.25) is 0 Å². The summed E-state index contributed by atoms with van der Waals surface area (Å²) in [4.78, 5) is 39.8. The molecule has 2 fully saturated rings. The van der Waals surface area contributed by atoms with E-state index in [0.717, 1.165) is 56.9 Å². The van der Waals surface area contributed by atoms with Crippen molar-refractivity contribution in [2.45, 2.75) is 112 Å². The number of rotatable bonds is 1. The van der Waals surface area contributed by atoms with E-state index in [1.807, 2.05) is 26.0 Å². The zero-order valence-electron chi connectivity index (χ0n) is 25.2. The molecular formula is C34H46N2O3. The molecule has 5 nitrogen and oxygen atoms in total. The van der Waals surface area contributed by atoms with E-state index in [9.17, 15) is 19.6 Å². The predicted octanol–water partition coefficient (Wildman–Crippen LogP) is 6.49. The molecule has 0 aromatic heterocycles. The summed E-state index contributed by atoms with van der Waals surface area (Å²) in [6.45, 7) is 17.3. The van der Waals surface area contributed by atoms with E-state index >= 15 is 0 Å². The van der Waals surface area contributed by atoms with Gasteiger partial charge in [0, 0.05) is 22.3 Å². The van der Waals surface area contributed by atoms with Gasteiger partial charge in [0.2, 0.25) is 0 Å². The summed E-state index contributed by atoms with van der Waals surface area (Å²) < 4.78 is 0. The van der Waals surface area contributed by atoms with E-state index in [4.69, 9.17) is 6.42 Å². The summed E-state index contributed by atoms with van der Waals surface area (Å²) >= 11 is 0. The first-order valence-electron chi connectivity index (χ1n) is 14.6. The number of carbonyl (C=O) groups is 3. The second-order valence-electron chi connectivity index (χ2n) is 15.2. The van der Waals surface area contributed by atoms with Crippen molar-refractivity contribution in [1.82, 2.24) is 5.32 Å². The zero-order chi connectivity index (χ0) is 29.2. The average molecular weight is 531 g/mol. The van der Waals surface area contributed by atoms with Gasteiger partial charge in [-0.1, -0.05) is 60.1 Å². The van der Waals surface area contributed by atoms with E-state index in [1.165, 1.54) is 0 Å². The van der Waals surface area contributed by atoms with Gasteiger partial charge < -0.3 is 5.32 Å². The summed E-state index contributed by atoms with van der Waals surface area (Å²) in [5.74, 6) is 1.80. The molecule has 0 aromatic carbocycles. The predicted molar refractivity (Wildman–Crippen MR) is 153 cm³/mol. The van der Waals surface area contributed by atoms with Crippen molar-refractivity contribution in [3.63, 3.8) is 0 Å². The highest BCUT2D eigenvalue weighted by Gasteiger charge is 2.65. The van der Waals surface area contributed by atoms with E-state index in [1.54, 1.807) is 0 Å². The van der Waals surface area contributed by atoms with E-state index in [0.29, 0.717) is 0 Å². The fourth-order valence-electron chi connectivity index (χ4n) is 9.02. The number of carbonyl (C=O) groups excluding carboxylic acids is 3. The van der Waals surface area contributed by atoms with Crippen molar-refractivity contribution in [3.8, 4) is 18.4 Å². The number of terminal acetylenes is 1. The minimum absolute atomic E-state index is 0.0144. The SMILES string of the molecule is C#CC(=O)N[C@@]1(C)CCC(C)(C)CCC2C(=O)C=C3[C@@]4(C)C=C(C#N)C(=O)C(C)(C)[C@@H]4CC[C@@]3(C)[C@]2(C)CC1. The maximum absolute atomic E-state index is 14.2. The Morgan fingerprint density at radius 1 is 0.949 bits per heavy atom. The van der Waals surface area contributed by atoms with Crippen LogP contribution in [0.5, 0.6) is 0 Å². The van der Waals surface area contributed by atoms with Crippen LogP contribution in [-0.4, -0.2) is 23.0 Å². The smallest absolute Gasteiger partial charge is 0.296 e. The molecule has 0 aromatic rings. The van der Waals surface area contributed by atoms with E-state index < -0.39 is 22.3 Å². The van der Waals surface area contributed by atoms with Crippen LogP contribution in [0.3, 0.4) is 0 Å². The number of fused-ring (bicyclic) bond motifs is 5. The van der Waals surface area contributed by atoms with E-state index in [2.05, 4.69) is 58.8 Å². The van der Waals surface area contributed by atoms with E-state index in [-0.39, 0.29) is 45.2 Å². The number of amides is 1. The lowest BCUT2D eigenvalue weighted by Crippen LogP contribution is -2.60. The molecule has 5 heteroatoms. The lowest BCUT2D eigenvalue weighted by atomic mass is 9.38. The summed E-state index contributed by atoms with van der Waals surface area (Å²) in [5, 5.41) is 13.0. The first-order valence-corrected chi connectivity index (χ1v) is 14.6. The Balaban J connectivity index is 1.88. The third-order valence-electron chi connectivity index (χ3n) is 12.0. The molecule has 0 heterocycles. The molecule has 0 radical (unpaired) electrons. The Morgan fingerprint density at radius 3 is 2.21 bits per heavy atom. The van der Waals surface area contributed by atoms with Crippen LogP contribution in [-0.2, 0) is 14.4 Å². The molecule has 1 amide bonds. The number of hydrogen-bond acceptors (Lipinski definition) is 4. The number of hydrogen-bond donors (Lipinski definition) is 1. The average Bonchev–Trinajstić information content (AvgIpc) is 2.85. The molecule has 0 aliphatic heterocycles. The molecule has 1 N–H and O–H groups in total. The summed E-state index contributed by atoms with van der Waals surface area (Å²) in [6, 6.07) is 2.17. The van der Waals surface area contributed by atoms with Gasteiger partial charge in [-0.15, -0.1) is 6.42 Å². The standard InChI is InChI=1S/C34H46N2O3/c1-10-27(38)36-31(6)16-15-29(2,3)13-11-23-24(37)19-26-32(7)20-22(21-35)28(39)30(4,5)25(32)12-14-34(26,9)33(23,8)18-17-31/h1,19-20,23,25H,11-18H2,2-9H3,(H,36,38)/t23?,25-,31-,32-,33+,34+/m0/s1. The van der Waals surface area contributed by atoms with Gasteiger partial charge >= 0.3 is 0 Å². The molecule has 4 aliphatic carbocycles. The second-order valence-corrected chi connectivity index (χ2v) is 15.2. The maximum Gasteiger partial charge on any atom is 0.296 e. The van der Waals surface area contributed by atoms with Crippen molar-refractivity contribution in [3.05, 3.63) is 23.3 Å². The maximum atomic E-state index is 14.2. The largest absolute Gasteiger partial charge is 0.340 e. The van der Waals surface area contributed by atoms with Crippen LogP contribution >= 0.6 is 0 Å². The molecule has 6 atom stereocenters. The van der Waals surface area contributed by atoms with Crippen LogP contribution < -0.4 is 5.32 Å². The first kappa shape index (κ1) is 29.3. The summed E-state index contributed by atoms with van der Waals surface area (Å²) in [5.41, 5.74) is -1.07. The summed E-state index contributed by atoms with van der Waals surface area (Å²) in [6.07, 6.45) is 16.0. The molecule has 4 rings (SSSR count). The third kappa shape index (κ3) is 4.41. The van der Waals surface area contributed by atoms with Gasteiger partial charge in [0.05, 0.1) is 5.57 Å². The van der Waals surface area contributed by atoms with Crippen LogP contribution in [0.1, 0.15) is 107 Å². The van der Waals surface area contributed by atoms with Gasteiger partial charge in [-0.05, 0) is 92.4 Å².